The summed E-state index contributed by atoms with van der Waals surface area (Å²) in [7, 11) is 6.11. The lowest BCUT2D eigenvalue weighted by Crippen LogP contribution is -2.46. The number of carbonyl (C=O) groups is 1. The molecule has 0 amide bonds. The molecule has 1 heterocycles. The van der Waals surface area contributed by atoms with Gasteiger partial charge in [0.15, 0.2) is 12.5 Å². The molecule has 2 aromatic carbocycles. The average Bonchev–Trinajstić information content (AvgIpc) is 2.96. The molecule has 0 radical (unpaired) electrons. The van der Waals surface area contributed by atoms with Gasteiger partial charge >= 0.3 is 0 Å². The molecular formula is C20H21ClN3O2+. The molecule has 3 aromatic rings. The second-order valence-electron chi connectivity index (χ2n) is 6.31. The van der Waals surface area contributed by atoms with Crippen molar-refractivity contribution in [2.24, 2.45) is 7.05 Å². The standard InChI is InChI=1S/C20H21ClN3O2/c1-22(2)14-24-11-10-19(23(24)3)15-5-8-18(9-6-15)26-20-12-17(21)7-4-16(20)13-25/h4-13H,14H2,1-3H3/q+1. The molecule has 0 aliphatic heterocycles. The molecule has 0 saturated heterocycles. The first-order valence-electron chi connectivity index (χ1n) is 8.21. The summed E-state index contributed by atoms with van der Waals surface area (Å²) in [5.41, 5.74) is 2.65. The SMILES string of the molecule is CN(C)C[n+]1ccc(-c2ccc(Oc3cc(Cl)ccc3C=O)cc2)n1C. The van der Waals surface area contributed by atoms with Gasteiger partial charge in [-0.15, -0.1) is 4.68 Å². The Morgan fingerprint density at radius 3 is 2.54 bits per heavy atom. The number of nitrogens with zero attached hydrogens (tertiary/aromatic N) is 3. The summed E-state index contributed by atoms with van der Waals surface area (Å²) < 4.78 is 10.1. The summed E-state index contributed by atoms with van der Waals surface area (Å²) in [6, 6.07) is 14.8. The van der Waals surface area contributed by atoms with Crippen LogP contribution in [0, 0.1) is 0 Å². The molecule has 1 aromatic heterocycles. The van der Waals surface area contributed by atoms with Crippen molar-refractivity contribution < 1.29 is 14.2 Å². The van der Waals surface area contributed by atoms with E-state index in [4.69, 9.17) is 16.3 Å². The van der Waals surface area contributed by atoms with Crippen LogP contribution in [0.4, 0.5) is 0 Å². The highest BCUT2D eigenvalue weighted by atomic mass is 35.5. The Balaban J connectivity index is 1.82. The van der Waals surface area contributed by atoms with Crippen molar-refractivity contribution in [2.75, 3.05) is 14.1 Å². The molecule has 3 rings (SSSR count). The van der Waals surface area contributed by atoms with Crippen molar-refractivity contribution >= 4 is 17.9 Å². The summed E-state index contributed by atoms with van der Waals surface area (Å²) in [6.07, 6.45) is 2.82. The van der Waals surface area contributed by atoms with Gasteiger partial charge in [-0.05, 0) is 50.5 Å². The number of benzene rings is 2. The average molecular weight is 371 g/mol. The maximum absolute atomic E-state index is 11.2. The molecule has 26 heavy (non-hydrogen) atoms. The third-order valence-corrected chi connectivity index (χ3v) is 4.28. The molecule has 0 unspecified atom stereocenters. The van der Waals surface area contributed by atoms with E-state index in [1.165, 1.54) is 0 Å². The van der Waals surface area contributed by atoms with Gasteiger partial charge in [-0.3, -0.25) is 9.69 Å². The van der Waals surface area contributed by atoms with E-state index in [2.05, 4.69) is 26.5 Å². The molecule has 0 atom stereocenters. The van der Waals surface area contributed by atoms with Gasteiger partial charge in [-0.2, -0.15) is 4.68 Å². The highest BCUT2D eigenvalue weighted by Crippen LogP contribution is 2.29. The topological polar surface area (TPSA) is 38.4 Å². The lowest BCUT2D eigenvalue weighted by molar-refractivity contribution is -0.786. The lowest BCUT2D eigenvalue weighted by atomic mass is 10.1. The number of hydrogen-bond donors (Lipinski definition) is 0. The molecule has 134 valence electrons. The minimum Gasteiger partial charge on any atom is -0.457 e. The Morgan fingerprint density at radius 2 is 1.88 bits per heavy atom. The van der Waals surface area contributed by atoms with Crippen molar-refractivity contribution in [1.82, 2.24) is 9.58 Å². The van der Waals surface area contributed by atoms with Crippen LogP contribution >= 0.6 is 11.6 Å². The third kappa shape index (κ3) is 3.95. The maximum Gasteiger partial charge on any atom is 0.228 e. The van der Waals surface area contributed by atoms with Gasteiger partial charge in [0, 0.05) is 22.7 Å². The second kappa shape index (κ2) is 7.72. The van der Waals surface area contributed by atoms with Crippen molar-refractivity contribution in [1.29, 1.82) is 0 Å². The van der Waals surface area contributed by atoms with Crippen LogP contribution in [0.5, 0.6) is 11.5 Å². The molecule has 0 spiro atoms. The molecule has 6 heteroatoms. The summed E-state index contributed by atoms with van der Waals surface area (Å²) >= 11 is 6.00. The fourth-order valence-electron chi connectivity index (χ4n) is 2.73. The van der Waals surface area contributed by atoms with Gasteiger partial charge in [-0.25, -0.2) is 0 Å². The fourth-order valence-corrected chi connectivity index (χ4v) is 2.89. The van der Waals surface area contributed by atoms with Gasteiger partial charge in [0.2, 0.25) is 6.67 Å². The molecular weight excluding hydrogens is 350 g/mol. The first-order chi connectivity index (χ1) is 12.5. The minimum absolute atomic E-state index is 0.447. The highest BCUT2D eigenvalue weighted by molar-refractivity contribution is 6.30. The minimum atomic E-state index is 0.447. The van der Waals surface area contributed by atoms with Crippen LogP contribution in [0.25, 0.3) is 11.3 Å². The third-order valence-electron chi connectivity index (χ3n) is 4.05. The second-order valence-corrected chi connectivity index (χ2v) is 6.75. The normalized spacial score (nSPS) is 11.0. The molecule has 0 saturated carbocycles. The number of rotatable bonds is 6. The van der Waals surface area contributed by atoms with Crippen LogP contribution in [0.1, 0.15) is 10.4 Å². The molecule has 0 aliphatic rings. The molecule has 0 bridgehead atoms. The van der Waals surface area contributed by atoms with Crippen LogP contribution in [0.3, 0.4) is 0 Å². The van der Waals surface area contributed by atoms with E-state index in [9.17, 15) is 4.79 Å². The number of ether oxygens (including phenoxy) is 1. The Kier molecular flexibility index (Phi) is 5.40. The Hall–Kier alpha value is -2.63. The quantitative estimate of drug-likeness (QED) is 0.490. The van der Waals surface area contributed by atoms with Crippen LogP contribution < -0.4 is 9.42 Å². The van der Waals surface area contributed by atoms with E-state index in [0.717, 1.165) is 24.2 Å². The summed E-state index contributed by atoms with van der Waals surface area (Å²) in [5, 5.41) is 0.525. The van der Waals surface area contributed by atoms with Crippen molar-refractivity contribution in [3.8, 4) is 22.8 Å². The van der Waals surface area contributed by atoms with Gasteiger partial charge in [0.05, 0.1) is 12.6 Å². The zero-order valence-corrected chi connectivity index (χ0v) is 15.8. The number of hydrogen-bond acceptors (Lipinski definition) is 3. The van der Waals surface area contributed by atoms with Crippen LogP contribution in [-0.2, 0) is 13.7 Å². The van der Waals surface area contributed by atoms with E-state index in [0.29, 0.717) is 22.1 Å². The smallest absolute Gasteiger partial charge is 0.228 e. The lowest BCUT2D eigenvalue weighted by Gasteiger charge is -2.09. The van der Waals surface area contributed by atoms with E-state index < -0.39 is 0 Å². The monoisotopic (exact) mass is 370 g/mol. The number of aromatic nitrogens is 2. The Labute approximate surface area is 158 Å². The van der Waals surface area contributed by atoms with Crippen molar-refractivity contribution in [3.05, 3.63) is 65.3 Å². The highest BCUT2D eigenvalue weighted by Gasteiger charge is 2.14. The van der Waals surface area contributed by atoms with Gasteiger partial charge in [0.1, 0.15) is 17.2 Å². The van der Waals surface area contributed by atoms with Gasteiger partial charge in [-0.1, -0.05) is 11.6 Å². The van der Waals surface area contributed by atoms with E-state index in [1.807, 2.05) is 45.4 Å². The number of aldehydes is 1. The first kappa shape index (κ1) is 18.2. The Bertz CT molecular complexity index is 917. The van der Waals surface area contributed by atoms with E-state index in [-0.39, 0.29) is 0 Å². The molecule has 0 fully saturated rings. The number of halogens is 1. The maximum atomic E-state index is 11.2. The summed E-state index contributed by atoms with van der Waals surface area (Å²) in [6.45, 7) is 0.806. The van der Waals surface area contributed by atoms with Crippen molar-refractivity contribution in [2.45, 2.75) is 6.67 Å². The summed E-state index contributed by atoms with van der Waals surface area (Å²) in [4.78, 5) is 13.3. The molecule has 5 nitrogen and oxygen atoms in total. The van der Waals surface area contributed by atoms with Gasteiger partial charge < -0.3 is 4.74 Å². The van der Waals surface area contributed by atoms with E-state index in [1.54, 1.807) is 18.2 Å². The zero-order valence-electron chi connectivity index (χ0n) is 15.0. The van der Waals surface area contributed by atoms with E-state index >= 15 is 0 Å². The molecule has 0 aliphatic carbocycles. The molecule has 0 N–H and O–H groups in total. The van der Waals surface area contributed by atoms with Crippen LogP contribution in [-0.4, -0.2) is 30.0 Å². The zero-order chi connectivity index (χ0) is 18.7. The Morgan fingerprint density at radius 1 is 1.15 bits per heavy atom. The predicted molar refractivity (Wildman–Crippen MR) is 102 cm³/mol. The van der Waals surface area contributed by atoms with Crippen LogP contribution in [0.2, 0.25) is 5.02 Å². The fraction of sp³-hybridized carbons (Fsp3) is 0.200. The largest absolute Gasteiger partial charge is 0.457 e. The van der Waals surface area contributed by atoms with Gasteiger partial charge in [0.25, 0.3) is 0 Å². The summed E-state index contributed by atoms with van der Waals surface area (Å²) in [5.74, 6) is 1.09. The predicted octanol–water partition coefficient (Wildman–Crippen LogP) is 3.76. The van der Waals surface area contributed by atoms with Crippen LogP contribution in [0.15, 0.2) is 54.7 Å². The number of carbonyl (C=O) groups excluding carboxylic acids is 1. The van der Waals surface area contributed by atoms with Crippen molar-refractivity contribution in [3.63, 3.8) is 0 Å². The first-order valence-corrected chi connectivity index (χ1v) is 8.59.